The van der Waals surface area contributed by atoms with Crippen LogP contribution in [-0.4, -0.2) is 43.8 Å². The van der Waals surface area contributed by atoms with E-state index in [-0.39, 0.29) is 6.29 Å². The number of hydrogen-bond acceptors (Lipinski definition) is 4. The molecule has 0 aliphatic carbocycles. The lowest BCUT2D eigenvalue weighted by Gasteiger charge is -2.26. The zero-order valence-corrected chi connectivity index (χ0v) is 8.78. The van der Waals surface area contributed by atoms with E-state index in [0.29, 0.717) is 6.04 Å². The van der Waals surface area contributed by atoms with Crippen LogP contribution in [0.4, 0.5) is 0 Å². The van der Waals surface area contributed by atoms with Gasteiger partial charge in [0.15, 0.2) is 6.29 Å². The van der Waals surface area contributed by atoms with E-state index in [2.05, 4.69) is 6.92 Å². The summed E-state index contributed by atoms with van der Waals surface area (Å²) in [6.45, 7) is 5.41. The SMILES string of the molecule is CCCCOC1CC2COCCN2O1. The fourth-order valence-electron chi connectivity index (χ4n) is 1.84. The fraction of sp³-hybridized carbons (Fsp3) is 1.00. The molecular formula is C10H19NO3. The van der Waals surface area contributed by atoms with Gasteiger partial charge >= 0.3 is 0 Å². The van der Waals surface area contributed by atoms with Crippen molar-refractivity contribution in [3.8, 4) is 0 Å². The maximum absolute atomic E-state index is 5.64. The number of unbranched alkanes of at least 4 members (excludes halogenated alkanes) is 1. The third kappa shape index (κ3) is 2.45. The van der Waals surface area contributed by atoms with E-state index in [1.807, 2.05) is 5.06 Å². The number of rotatable bonds is 4. The molecular weight excluding hydrogens is 182 g/mol. The highest BCUT2D eigenvalue weighted by Gasteiger charge is 2.35. The van der Waals surface area contributed by atoms with Gasteiger partial charge in [0.25, 0.3) is 0 Å². The Morgan fingerprint density at radius 1 is 1.50 bits per heavy atom. The Labute approximate surface area is 85.1 Å². The first kappa shape index (κ1) is 10.4. The number of fused-ring (bicyclic) bond motifs is 1. The lowest BCUT2D eigenvalue weighted by molar-refractivity contribution is -0.254. The summed E-state index contributed by atoms with van der Waals surface area (Å²) in [6.07, 6.45) is 3.20. The summed E-state index contributed by atoms with van der Waals surface area (Å²) in [6, 6.07) is 0.412. The standard InChI is InChI=1S/C10H19NO3/c1-2-3-5-13-10-7-9-8-12-6-4-11(9)14-10/h9-10H,2-8H2,1H3. The molecule has 2 aliphatic rings. The molecule has 0 amide bonds. The second-order valence-corrected chi connectivity index (χ2v) is 3.86. The van der Waals surface area contributed by atoms with Gasteiger partial charge in [0.1, 0.15) is 0 Å². The minimum Gasteiger partial charge on any atom is -0.378 e. The van der Waals surface area contributed by atoms with Crippen LogP contribution in [0.1, 0.15) is 26.2 Å². The van der Waals surface area contributed by atoms with Gasteiger partial charge in [0.05, 0.1) is 19.3 Å². The zero-order valence-electron chi connectivity index (χ0n) is 8.78. The lowest BCUT2D eigenvalue weighted by Crippen LogP contribution is -2.39. The van der Waals surface area contributed by atoms with E-state index >= 15 is 0 Å². The summed E-state index contributed by atoms with van der Waals surface area (Å²) >= 11 is 0. The van der Waals surface area contributed by atoms with E-state index in [0.717, 1.165) is 39.2 Å². The molecule has 2 unspecified atom stereocenters. The van der Waals surface area contributed by atoms with Crippen molar-refractivity contribution in [1.29, 1.82) is 0 Å². The van der Waals surface area contributed by atoms with Crippen molar-refractivity contribution in [3.05, 3.63) is 0 Å². The van der Waals surface area contributed by atoms with Gasteiger partial charge in [-0.25, -0.2) is 0 Å². The van der Waals surface area contributed by atoms with Crippen molar-refractivity contribution in [2.75, 3.05) is 26.4 Å². The number of hydroxylamine groups is 2. The maximum Gasteiger partial charge on any atom is 0.179 e. The van der Waals surface area contributed by atoms with Crippen LogP contribution >= 0.6 is 0 Å². The van der Waals surface area contributed by atoms with Crippen LogP contribution in [0.2, 0.25) is 0 Å². The molecule has 0 aromatic rings. The smallest absolute Gasteiger partial charge is 0.179 e. The van der Waals surface area contributed by atoms with Gasteiger partial charge < -0.3 is 9.47 Å². The first-order valence-electron chi connectivity index (χ1n) is 5.53. The Balaban J connectivity index is 1.70. The van der Waals surface area contributed by atoms with Crippen LogP contribution < -0.4 is 0 Å². The summed E-state index contributed by atoms with van der Waals surface area (Å²) in [5.74, 6) is 0. The molecule has 2 heterocycles. The van der Waals surface area contributed by atoms with E-state index in [4.69, 9.17) is 14.3 Å². The van der Waals surface area contributed by atoms with Crippen molar-refractivity contribution in [3.63, 3.8) is 0 Å². The molecule has 4 nitrogen and oxygen atoms in total. The predicted molar refractivity (Wildman–Crippen MR) is 51.7 cm³/mol. The van der Waals surface area contributed by atoms with Crippen molar-refractivity contribution < 1.29 is 14.3 Å². The van der Waals surface area contributed by atoms with Crippen molar-refractivity contribution in [2.45, 2.75) is 38.5 Å². The Morgan fingerprint density at radius 2 is 2.43 bits per heavy atom. The summed E-state index contributed by atoms with van der Waals surface area (Å²) in [5, 5.41) is 2.01. The minimum atomic E-state index is -0.0340. The van der Waals surface area contributed by atoms with Gasteiger partial charge in [-0.2, -0.15) is 5.06 Å². The van der Waals surface area contributed by atoms with Gasteiger partial charge in [0.2, 0.25) is 0 Å². The second-order valence-electron chi connectivity index (χ2n) is 3.86. The molecule has 0 radical (unpaired) electrons. The monoisotopic (exact) mass is 201 g/mol. The average molecular weight is 201 g/mol. The van der Waals surface area contributed by atoms with Crippen molar-refractivity contribution >= 4 is 0 Å². The van der Waals surface area contributed by atoms with Crippen molar-refractivity contribution in [2.24, 2.45) is 0 Å². The van der Waals surface area contributed by atoms with E-state index in [9.17, 15) is 0 Å². The quantitative estimate of drug-likeness (QED) is 0.639. The van der Waals surface area contributed by atoms with Crippen LogP contribution in [0, 0.1) is 0 Å². The van der Waals surface area contributed by atoms with Crippen LogP contribution in [0.25, 0.3) is 0 Å². The van der Waals surface area contributed by atoms with E-state index < -0.39 is 0 Å². The van der Waals surface area contributed by atoms with Crippen molar-refractivity contribution in [1.82, 2.24) is 5.06 Å². The van der Waals surface area contributed by atoms with Gasteiger partial charge in [-0.15, -0.1) is 0 Å². The molecule has 0 N–H and O–H groups in total. The Morgan fingerprint density at radius 3 is 3.21 bits per heavy atom. The second kappa shape index (κ2) is 5.07. The Kier molecular flexibility index (Phi) is 3.75. The molecule has 2 fully saturated rings. The molecule has 14 heavy (non-hydrogen) atoms. The van der Waals surface area contributed by atoms with Gasteiger partial charge in [-0.3, -0.25) is 4.84 Å². The Hall–Kier alpha value is -0.160. The maximum atomic E-state index is 5.64. The van der Waals surface area contributed by atoms with Crippen LogP contribution in [0.5, 0.6) is 0 Å². The molecule has 82 valence electrons. The highest BCUT2D eigenvalue weighted by atomic mass is 16.8. The molecule has 0 aromatic heterocycles. The van der Waals surface area contributed by atoms with Crippen LogP contribution in [0.15, 0.2) is 0 Å². The summed E-state index contributed by atoms with van der Waals surface area (Å²) in [5.41, 5.74) is 0. The summed E-state index contributed by atoms with van der Waals surface area (Å²) in [7, 11) is 0. The highest BCUT2D eigenvalue weighted by molar-refractivity contribution is 4.76. The normalized spacial score (nSPS) is 33.2. The molecule has 2 aliphatic heterocycles. The van der Waals surface area contributed by atoms with Gasteiger partial charge in [0, 0.05) is 19.6 Å². The first-order chi connectivity index (χ1) is 6.90. The number of morpholine rings is 1. The fourth-order valence-corrected chi connectivity index (χ4v) is 1.84. The van der Waals surface area contributed by atoms with Crippen LogP contribution in [0.3, 0.4) is 0 Å². The number of ether oxygens (including phenoxy) is 2. The zero-order chi connectivity index (χ0) is 9.80. The Bertz CT molecular complexity index is 163. The molecule has 0 saturated carbocycles. The molecule has 0 spiro atoms. The molecule has 0 bridgehead atoms. The minimum absolute atomic E-state index is 0.0340. The first-order valence-corrected chi connectivity index (χ1v) is 5.53. The highest BCUT2D eigenvalue weighted by Crippen LogP contribution is 2.24. The van der Waals surface area contributed by atoms with E-state index in [1.165, 1.54) is 6.42 Å². The third-order valence-corrected chi connectivity index (χ3v) is 2.69. The van der Waals surface area contributed by atoms with Crippen LogP contribution in [-0.2, 0) is 14.3 Å². The lowest BCUT2D eigenvalue weighted by atomic mass is 10.2. The number of hydrogen-bond donors (Lipinski definition) is 0. The average Bonchev–Trinajstić information content (AvgIpc) is 2.60. The summed E-state index contributed by atoms with van der Waals surface area (Å²) in [4.78, 5) is 5.64. The van der Waals surface area contributed by atoms with Gasteiger partial charge in [-0.1, -0.05) is 13.3 Å². The predicted octanol–water partition coefficient (Wildman–Crippen LogP) is 1.17. The molecule has 0 aromatic carbocycles. The topological polar surface area (TPSA) is 30.9 Å². The summed E-state index contributed by atoms with van der Waals surface area (Å²) < 4.78 is 11.0. The van der Waals surface area contributed by atoms with E-state index in [1.54, 1.807) is 0 Å². The van der Waals surface area contributed by atoms with Gasteiger partial charge in [-0.05, 0) is 6.42 Å². The third-order valence-electron chi connectivity index (χ3n) is 2.69. The molecule has 2 atom stereocenters. The molecule has 2 saturated heterocycles. The largest absolute Gasteiger partial charge is 0.378 e. The number of nitrogens with zero attached hydrogens (tertiary/aromatic N) is 1. The molecule has 4 heteroatoms. The molecule has 2 rings (SSSR count).